The van der Waals surface area contributed by atoms with Gasteiger partial charge in [-0.15, -0.1) is 0 Å². The monoisotopic (exact) mass is 321 g/mol. The van der Waals surface area contributed by atoms with Gasteiger partial charge in [-0.1, -0.05) is 12.1 Å². The van der Waals surface area contributed by atoms with Crippen molar-refractivity contribution < 1.29 is 14.6 Å². The van der Waals surface area contributed by atoms with Crippen LogP contribution in [0.5, 0.6) is 0 Å². The Balaban J connectivity index is 2.05. The van der Waals surface area contributed by atoms with Crippen molar-refractivity contribution in [2.75, 3.05) is 0 Å². The molecule has 0 spiro atoms. The van der Waals surface area contributed by atoms with E-state index in [2.05, 4.69) is 4.98 Å². The third kappa shape index (κ3) is 2.13. The molecule has 5 nitrogen and oxygen atoms in total. The first kappa shape index (κ1) is 14.7. The standard InChI is InChI=1S/C19H15NO4/c1-19(23)9-11-5-6-15-17(12(11)8-16(19)21)18(22)13(10-24-15)14-4-2-3-7-20-14/h2-8,10,21,23H,9H2,1H3. The average molecular weight is 321 g/mol. The lowest BCUT2D eigenvalue weighted by atomic mass is 9.84. The van der Waals surface area contributed by atoms with E-state index in [1.807, 2.05) is 0 Å². The van der Waals surface area contributed by atoms with Crippen LogP contribution in [0.15, 0.2) is 57.8 Å². The van der Waals surface area contributed by atoms with Crippen molar-refractivity contribution in [3.8, 4) is 11.3 Å². The first-order chi connectivity index (χ1) is 11.5. The summed E-state index contributed by atoms with van der Waals surface area (Å²) in [6.07, 6.45) is 4.69. The molecule has 2 N–H and O–H groups in total. The molecular weight excluding hydrogens is 306 g/mol. The molecule has 1 unspecified atom stereocenters. The van der Waals surface area contributed by atoms with Crippen molar-refractivity contribution in [2.24, 2.45) is 0 Å². The number of aromatic nitrogens is 1. The van der Waals surface area contributed by atoms with Gasteiger partial charge in [-0.2, -0.15) is 0 Å². The molecule has 1 aliphatic carbocycles. The molecule has 0 aliphatic heterocycles. The second-order valence-corrected chi connectivity index (χ2v) is 6.19. The first-order valence-electron chi connectivity index (χ1n) is 7.60. The van der Waals surface area contributed by atoms with Crippen LogP contribution in [0.25, 0.3) is 28.3 Å². The van der Waals surface area contributed by atoms with Crippen LogP contribution >= 0.6 is 0 Å². The summed E-state index contributed by atoms with van der Waals surface area (Å²) < 4.78 is 5.62. The normalized spacial score (nSPS) is 19.8. The molecule has 0 amide bonds. The summed E-state index contributed by atoms with van der Waals surface area (Å²) in [6.45, 7) is 1.54. The second-order valence-electron chi connectivity index (χ2n) is 6.19. The van der Waals surface area contributed by atoms with E-state index < -0.39 is 5.60 Å². The van der Waals surface area contributed by atoms with Gasteiger partial charge in [0.25, 0.3) is 0 Å². The molecular formula is C19H15NO4. The zero-order chi connectivity index (χ0) is 16.9. The van der Waals surface area contributed by atoms with Crippen molar-refractivity contribution in [3.63, 3.8) is 0 Å². The van der Waals surface area contributed by atoms with Gasteiger partial charge in [0.1, 0.15) is 23.2 Å². The van der Waals surface area contributed by atoms with Crippen molar-refractivity contribution >= 4 is 17.0 Å². The summed E-state index contributed by atoms with van der Waals surface area (Å²) in [4.78, 5) is 17.2. The zero-order valence-corrected chi connectivity index (χ0v) is 13.0. The van der Waals surface area contributed by atoms with Gasteiger partial charge in [0.2, 0.25) is 5.43 Å². The SMILES string of the molecule is CC1(O)Cc2ccc3occ(-c4ccccn4)c(=O)c3c2C=C1O. The summed E-state index contributed by atoms with van der Waals surface area (Å²) in [5.74, 6) is -0.162. The van der Waals surface area contributed by atoms with Crippen LogP contribution in [0, 0.1) is 0 Å². The van der Waals surface area contributed by atoms with Crippen LogP contribution in [0.4, 0.5) is 0 Å². The summed E-state index contributed by atoms with van der Waals surface area (Å²) >= 11 is 0. The van der Waals surface area contributed by atoms with E-state index >= 15 is 0 Å². The van der Waals surface area contributed by atoms with Gasteiger partial charge in [0.05, 0.1) is 16.6 Å². The van der Waals surface area contributed by atoms with Crippen LogP contribution < -0.4 is 5.43 Å². The highest BCUT2D eigenvalue weighted by Crippen LogP contribution is 2.34. The number of aliphatic hydroxyl groups is 2. The van der Waals surface area contributed by atoms with Crippen LogP contribution in [0.1, 0.15) is 18.1 Å². The minimum absolute atomic E-state index is 0.162. The first-order valence-corrected chi connectivity index (χ1v) is 7.60. The maximum atomic E-state index is 13.0. The summed E-state index contributed by atoms with van der Waals surface area (Å²) in [5.41, 5.74) is 1.16. The summed E-state index contributed by atoms with van der Waals surface area (Å²) in [6, 6.07) is 8.83. The average Bonchev–Trinajstić information content (AvgIpc) is 2.57. The van der Waals surface area contributed by atoms with Crippen molar-refractivity contribution in [3.05, 3.63) is 69.9 Å². The highest BCUT2D eigenvalue weighted by Gasteiger charge is 2.32. The number of aliphatic hydroxyl groups excluding tert-OH is 1. The minimum Gasteiger partial charge on any atom is -0.509 e. The fraction of sp³-hybridized carbons (Fsp3) is 0.158. The number of benzene rings is 1. The van der Waals surface area contributed by atoms with Gasteiger partial charge in [0, 0.05) is 12.6 Å². The minimum atomic E-state index is -1.33. The largest absolute Gasteiger partial charge is 0.509 e. The van der Waals surface area contributed by atoms with E-state index in [1.165, 1.54) is 12.3 Å². The Hall–Kier alpha value is -2.92. The molecule has 2 heterocycles. The molecule has 2 aromatic heterocycles. The number of hydrogen-bond acceptors (Lipinski definition) is 5. The van der Waals surface area contributed by atoms with Crippen molar-refractivity contribution in [2.45, 2.75) is 18.9 Å². The molecule has 5 heteroatoms. The summed E-state index contributed by atoms with van der Waals surface area (Å²) in [7, 11) is 0. The van der Waals surface area contributed by atoms with Gasteiger partial charge < -0.3 is 14.6 Å². The molecule has 3 aromatic rings. The topological polar surface area (TPSA) is 83.6 Å². The Morgan fingerprint density at radius 1 is 1.25 bits per heavy atom. The van der Waals surface area contributed by atoms with E-state index in [4.69, 9.17) is 4.42 Å². The number of nitrogens with zero attached hydrogens (tertiary/aromatic N) is 1. The Kier molecular flexibility index (Phi) is 3.08. The fourth-order valence-electron chi connectivity index (χ4n) is 3.06. The van der Waals surface area contributed by atoms with Crippen molar-refractivity contribution in [1.29, 1.82) is 0 Å². The molecule has 4 rings (SSSR count). The van der Waals surface area contributed by atoms with E-state index in [-0.39, 0.29) is 17.6 Å². The van der Waals surface area contributed by atoms with Gasteiger partial charge in [0.15, 0.2) is 0 Å². The van der Waals surface area contributed by atoms with E-state index in [0.29, 0.717) is 27.8 Å². The predicted molar refractivity (Wildman–Crippen MR) is 90.6 cm³/mol. The maximum Gasteiger partial charge on any atom is 0.202 e. The molecule has 0 bridgehead atoms. The van der Waals surface area contributed by atoms with Crippen LogP contribution in [0.3, 0.4) is 0 Å². The van der Waals surface area contributed by atoms with Crippen LogP contribution in [-0.4, -0.2) is 20.8 Å². The number of rotatable bonds is 1. The third-order valence-corrected chi connectivity index (χ3v) is 4.38. The lowest BCUT2D eigenvalue weighted by Gasteiger charge is -2.28. The lowest BCUT2D eigenvalue weighted by Crippen LogP contribution is -2.32. The number of fused-ring (bicyclic) bond motifs is 3. The molecule has 0 fully saturated rings. The molecule has 1 aliphatic rings. The van der Waals surface area contributed by atoms with Crippen LogP contribution in [0.2, 0.25) is 0 Å². The predicted octanol–water partition coefficient (Wildman–Crippen LogP) is 3.06. The smallest absolute Gasteiger partial charge is 0.202 e. The number of hydrogen-bond donors (Lipinski definition) is 2. The van der Waals surface area contributed by atoms with Gasteiger partial charge in [-0.3, -0.25) is 9.78 Å². The zero-order valence-electron chi connectivity index (χ0n) is 13.0. The molecule has 0 radical (unpaired) electrons. The Labute approximate surface area is 137 Å². The molecule has 24 heavy (non-hydrogen) atoms. The Morgan fingerprint density at radius 3 is 2.83 bits per heavy atom. The maximum absolute atomic E-state index is 13.0. The van der Waals surface area contributed by atoms with Crippen LogP contribution in [-0.2, 0) is 6.42 Å². The third-order valence-electron chi connectivity index (χ3n) is 4.38. The molecule has 120 valence electrons. The quantitative estimate of drug-likeness (QED) is 0.719. The second kappa shape index (κ2) is 5.04. The highest BCUT2D eigenvalue weighted by molar-refractivity contribution is 5.91. The van der Waals surface area contributed by atoms with Gasteiger partial charge in [-0.05, 0) is 42.3 Å². The van der Waals surface area contributed by atoms with Gasteiger partial charge >= 0.3 is 0 Å². The summed E-state index contributed by atoms with van der Waals surface area (Å²) in [5, 5.41) is 20.7. The molecule has 1 atom stereocenters. The highest BCUT2D eigenvalue weighted by atomic mass is 16.3. The number of pyridine rings is 1. The fourth-order valence-corrected chi connectivity index (χ4v) is 3.06. The Morgan fingerprint density at radius 2 is 2.08 bits per heavy atom. The molecule has 1 aromatic carbocycles. The van der Waals surface area contributed by atoms with E-state index in [9.17, 15) is 15.0 Å². The Bertz CT molecular complexity index is 1030. The lowest BCUT2D eigenvalue weighted by molar-refractivity contribution is 0.0536. The van der Waals surface area contributed by atoms with Gasteiger partial charge in [-0.25, -0.2) is 0 Å². The van der Waals surface area contributed by atoms with Crippen molar-refractivity contribution in [1.82, 2.24) is 4.98 Å². The van der Waals surface area contributed by atoms with E-state index in [0.717, 1.165) is 5.56 Å². The molecule has 0 saturated heterocycles. The van der Waals surface area contributed by atoms with E-state index in [1.54, 1.807) is 43.5 Å². The molecule has 0 saturated carbocycles.